The summed E-state index contributed by atoms with van der Waals surface area (Å²) in [5.41, 5.74) is 4.87. The van der Waals surface area contributed by atoms with Gasteiger partial charge in [-0.05, 0) is 56.5 Å². The van der Waals surface area contributed by atoms with E-state index in [1.165, 1.54) is 12.1 Å². The molecule has 0 spiro atoms. The van der Waals surface area contributed by atoms with E-state index < -0.39 is 0 Å². The first-order chi connectivity index (χ1) is 19.4. The molecule has 9 heteroatoms. The molecule has 1 aliphatic heterocycles. The zero-order valence-corrected chi connectivity index (χ0v) is 23.1. The first kappa shape index (κ1) is 26.4. The number of aryl methyl sites for hydroxylation is 1. The van der Waals surface area contributed by atoms with Crippen molar-refractivity contribution in [1.29, 1.82) is 0 Å². The first-order valence-corrected chi connectivity index (χ1v) is 14.0. The lowest BCUT2D eigenvalue weighted by Crippen LogP contribution is -2.45. The number of fused-ring (bicyclic) bond motifs is 1. The molecule has 40 heavy (non-hydrogen) atoms. The Morgan fingerprint density at radius 3 is 2.67 bits per heavy atom. The minimum atomic E-state index is -0.376. The molecule has 2 aromatic heterocycles. The number of likely N-dealkylation sites (N-methyl/N-ethyl adjacent to an activating group) is 1. The number of hydrogen-bond donors (Lipinski definition) is 1. The molecule has 1 saturated carbocycles. The number of benzene rings is 2. The van der Waals surface area contributed by atoms with E-state index in [4.69, 9.17) is 14.8 Å². The van der Waals surface area contributed by atoms with Gasteiger partial charge in [-0.25, -0.2) is 13.9 Å². The highest BCUT2D eigenvalue weighted by molar-refractivity contribution is 5.98. The van der Waals surface area contributed by atoms with Gasteiger partial charge in [-0.2, -0.15) is 0 Å². The fourth-order valence-electron chi connectivity index (χ4n) is 5.22. The van der Waals surface area contributed by atoms with Crippen molar-refractivity contribution in [2.75, 3.05) is 51.6 Å². The van der Waals surface area contributed by atoms with Crippen molar-refractivity contribution in [3.63, 3.8) is 0 Å². The molecular formula is C31H35FN6O2. The SMILES string of the molecule is Cc1cc(-c2cnc3c(NCCN4CCN(C)CC4)cc(Oc4cccc(F)c4)nn23)ccc1C(=O)CC1CC1. The number of anilines is 1. The summed E-state index contributed by atoms with van der Waals surface area (Å²) >= 11 is 0. The minimum absolute atomic E-state index is 0.209. The molecule has 0 atom stereocenters. The van der Waals surface area contributed by atoms with Crippen LogP contribution < -0.4 is 10.1 Å². The Labute approximate surface area is 233 Å². The van der Waals surface area contributed by atoms with Crippen molar-refractivity contribution in [3.8, 4) is 22.9 Å². The Balaban J connectivity index is 1.30. The van der Waals surface area contributed by atoms with Crippen molar-refractivity contribution < 1.29 is 13.9 Å². The molecule has 2 fully saturated rings. The lowest BCUT2D eigenvalue weighted by molar-refractivity contribution is 0.0975. The predicted molar refractivity (Wildman–Crippen MR) is 154 cm³/mol. The normalized spacial score (nSPS) is 16.4. The van der Waals surface area contributed by atoms with E-state index in [0.29, 0.717) is 29.6 Å². The third-order valence-corrected chi connectivity index (χ3v) is 7.80. The van der Waals surface area contributed by atoms with Crippen LogP contribution in [0, 0.1) is 18.7 Å². The number of halogens is 1. The van der Waals surface area contributed by atoms with Crippen LogP contribution in [-0.2, 0) is 0 Å². The van der Waals surface area contributed by atoms with E-state index in [-0.39, 0.29) is 11.6 Å². The summed E-state index contributed by atoms with van der Waals surface area (Å²) in [4.78, 5) is 22.2. The van der Waals surface area contributed by atoms with E-state index in [1.54, 1.807) is 22.8 Å². The molecule has 8 nitrogen and oxygen atoms in total. The van der Waals surface area contributed by atoms with E-state index in [9.17, 15) is 9.18 Å². The molecule has 4 aromatic rings. The summed E-state index contributed by atoms with van der Waals surface area (Å²) in [5.74, 6) is 1.08. The molecule has 0 radical (unpaired) electrons. The molecule has 208 valence electrons. The number of carbonyl (C=O) groups is 1. The maximum atomic E-state index is 13.8. The Hall–Kier alpha value is -3.82. The molecule has 1 aliphatic carbocycles. The summed E-state index contributed by atoms with van der Waals surface area (Å²) in [5, 5.41) is 8.26. The maximum absolute atomic E-state index is 13.8. The van der Waals surface area contributed by atoms with Crippen molar-refractivity contribution in [2.24, 2.45) is 5.92 Å². The zero-order valence-electron chi connectivity index (χ0n) is 23.1. The molecular weight excluding hydrogens is 507 g/mol. The fraction of sp³-hybridized carbons (Fsp3) is 0.387. The second kappa shape index (κ2) is 11.3. The molecule has 2 aliphatic rings. The molecule has 0 unspecified atom stereocenters. The Morgan fingerprint density at radius 1 is 1.10 bits per heavy atom. The van der Waals surface area contributed by atoms with Crippen LogP contribution in [-0.4, -0.2) is 76.5 Å². The average molecular weight is 543 g/mol. The lowest BCUT2D eigenvalue weighted by Gasteiger charge is -2.32. The topological polar surface area (TPSA) is 75.0 Å². The molecule has 2 aromatic carbocycles. The Bertz CT molecular complexity index is 1520. The van der Waals surface area contributed by atoms with Gasteiger partial charge in [0, 0.05) is 68.9 Å². The summed E-state index contributed by atoms with van der Waals surface area (Å²) in [7, 11) is 2.15. The highest BCUT2D eigenvalue weighted by Crippen LogP contribution is 2.35. The molecule has 1 N–H and O–H groups in total. The van der Waals surface area contributed by atoms with Crippen LogP contribution in [0.2, 0.25) is 0 Å². The fourth-order valence-corrected chi connectivity index (χ4v) is 5.22. The molecule has 6 rings (SSSR count). The van der Waals surface area contributed by atoms with Crippen molar-refractivity contribution in [3.05, 3.63) is 71.7 Å². The number of imidazole rings is 1. The zero-order chi connectivity index (χ0) is 27.6. The van der Waals surface area contributed by atoms with Crippen LogP contribution in [0.25, 0.3) is 16.9 Å². The average Bonchev–Trinajstić information content (AvgIpc) is 3.64. The highest BCUT2D eigenvalue weighted by atomic mass is 19.1. The second-order valence-corrected chi connectivity index (χ2v) is 11.0. The number of rotatable bonds is 10. The number of nitrogens with one attached hydrogen (secondary N) is 1. The van der Waals surface area contributed by atoms with Gasteiger partial charge in [0.05, 0.1) is 17.6 Å². The van der Waals surface area contributed by atoms with E-state index in [2.05, 4.69) is 22.2 Å². The van der Waals surface area contributed by atoms with E-state index in [1.807, 2.05) is 31.2 Å². The van der Waals surface area contributed by atoms with Crippen molar-refractivity contribution in [1.82, 2.24) is 24.4 Å². The number of aromatic nitrogens is 3. The first-order valence-electron chi connectivity index (χ1n) is 14.0. The van der Waals surface area contributed by atoms with Crippen molar-refractivity contribution in [2.45, 2.75) is 26.2 Å². The van der Waals surface area contributed by atoms with Gasteiger partial charge in [0.15, 0.2) is 11.4 Å². The Morgan fingerprint density at radius 2 is 1.93 bits per heavy atom. The smallest absolute Gasteiger partial charge is 0.239 e. The summed E-state index contributed by atoms with van der Waals surface area (Å²) in [6.07, 6.45) is 4.73. The number of ether oxygens (including phenoxy) is 1. The third kappa shape index (κ3) is 6.00. The predicted octanol–water partition coefficient (Wildman–Crippen LogP) is 5.28. The summed E-state index contributed by atoms with van der Waals surface area (Å²) in [6.45, 7) is 7.85. The van der Waals surface area contributed by atoms with Gasteiger partial charge >= 0.3 is 0 Å². The Kier molecular flexibility index (Phi) is 7.49. The summed E-state index contributed by atoms with van der Waals surface area (Å²) < 4.78 is 21.6. The van der Waals surface area contributed by atoms with Gasteiger partial charge in [-0.1, -0.05) is 18.2 Å². The van der Waals surface area contributed by atoms with Gasteiger partial charge in [-0.3, -0.25) is 9.69 Å². The monoisotopic (exact) mass is 542 g/mol. The van der Waals surface area contributed by atoms with Crippen LogP contribution in [0.4, 0.5) is 10.1 Å². The van der Waals surface area contributed by atoms with Gasteiger partial charge in [-0.15, -0.1) is 5.10 Å². The minimum Gasteiger partial charge on any atom is -0.437 e. The van der Waals surface area contributed by atoms with Gasteiger partial charge in [0.2, 0.25) is 5.88 Å². The number of nitrogens with zero attached hydrogens (tertiary/aromatic N) is 5. The lowest BCUT2D eigenvalue weighted by atomic mass is 9.98. The standard InChI is InChI=1S/C31H35FN6O2/c1-21-16-23(8-9-26(21)29(39)17-22-6-7-22)28-20-34-31-27(33-10-11-37-14-12-36(2)13-15-37)19-30(35-38(28)31)40-25-5-3-4-24(32)18-25/h3-5,8-9,16,18-20,22,33H,6-7,10-15,17H2,1-2H3. The number of piperazine rings is 1. The van der Waals surface area contributed by atoms with Crippen LogP contribution in [0.1, 0.15) is 35.2 Å². The van der Waals surface area contributed by atoms with E-state index >= 15 is 0 Å². The largest absolute Gasteiger partial charge is 0.437 e. The van der Waals surface area contributed by atoms with Crippen LogP contribution in [0.15, 0.2) is 54.7 Å². The molecule has 1 saturated heterocycles. The quantitative estimate of drug-likeness (QED) is 0.273. The number of carbonyl (C=O) groups excluding carboxylic acids is 1. The highest BCUT2D eigenvalue weighted by Gasteiger charge is 2.26. The van der Waals surface area contributed by atoms with Gasteiger partial charge < -0.3 is 15.0 Å². The summed E-state index contributed by atoms with van der Waals surface area (Å²) in [6, 6.07) is 13.7. The van der Waals surface area contributed by atoms with Crippen LogP contribution in [0.5, 0.6) is 11.6 Å². The van der Waals surface area contributed by atoms with Gasteiger partial charge in [0.25, 0.3) is 0 Å². The second-order valence-electron chi connectivity index (χ2n) is 11.0. The number of ketones is 1. The van der Waals surface area contributed by atoms with Gasteiger partial charge in [0.1, 0.15) is 11.6 Å². The molecule has 3 heterocycles. The van der Waals surface area contributed by atoms with Crippen molar-refractivity contribution >= 4 is 17.1 Å². The molecule has 0 amide bonds. The molecule has 0 bridgehead atoms. The van der Waals surface area contributed by atoms with Crippen LogP contribution >= 0.6 is 0 Å². The maximum Gasteiger partial charge on any atom is 0.239 e. The van der Waals surface area contributed by atoms with Crippen LogP contribution in [0.3, 0.4) is 0 Å². The number of hydrogen-bond acceptors (Lipinski definition) is 7. The van der Waals surface area contributed by atoms with E-state index in [0.717, 1.165) is 80.2 Å². The third-order valence-electron chi connectivity index (χ3n) is 7.80. The number of Topliss-reactive ketones (excluding diaryl/α,β-unsaturated/α-hetero) is 1.